The van der Waals surface area contributed by atoms with E-state index in [-0.39, 0.29) is 18.4 Å². The molecule has 1 saturated heterocycles. The zero-order valence-corrected chi connectivity index (χ0v) is 15.5. The first kappa shape index (κ1) is 17.8. The standard InChI is InChI=1S/C13H17N3O2S3.ClH/c1-9-15-11(8-19-9)12-3-4-13(20-12)21(17,18)16(2)10-5-6-14-7-10;/h3-4,8,10,14H,5-7H2,1-2H3;1H. The summed E-state index contributed by atoms with van der Waals surface area (Å²) in [7, 11) is -1.75. The Morgan fingerprint density at radius 1 is 1.41 bits per heavy atom. The average Bonchev–Trinajstić information content (AvgIpc) is 3.18. The van der Waals surface area contributed by atoms with Crippen molar-refractivity contribution < 1.29 is 8.42 Å². The highest BCUT2D eigenvalue weighted by atomic mass is 35.5. The van der Waals surface area contributed by atoms with Crippen LogP contribution in [0.2, 0.25) is 0 Å². The van der Waals surface area contributed by atoms with E-state index in [0.717, 1.165) is 35.1 Å². The van der Waals surface area contributed by atoms with Crippen molar-refractivity contribution in [2.45, 2.75) is 23.6 Å². The zero-order valence-electron chi connectivity index (χ0n) is 12.3. The number of likely N-dealkylation sites (N-methyl/N-ethyl adjacent to an activating group) is 1. The lowest BCUT2D eigenvalue weighted by Crippen LogP contribution is -2.37. The summed E-state index contributed by atoms with van der Waals surface area (Å²) in [5.41, 5.74) is 0.856. The molecule has 2 aromatic heterocycles. The molecule has 1 N–H and O–H groups in total. The minimum atomic E-state index is -3.42. The molecular weight excluding hydrogens is 362 g/mol. The molecule has 1 atom stereocenters. The number of aromatic nitrogens is 1. The van der Waals surface area contributed by atoms with Crippen LogP contribution in [0, 0.1) is 6.92 Å². The quantitative estimate of drug-likeness (QED) is 0.886. The van der Waals surface area contributed by atoms with Crippen molar-refractivity contribution in [1.82, 2.24) is 14.6 Å². The third-order valence-corrected chi connectivity index (χ3v) is 7.89. The number of thiazole rings is 1. The number of hydrogen-bond donors (Lipinski definition) is 1. The van der Waals surface area contributed by atoms with Gasteiger partial charge in [-0.05, 0) is 32.0 Å². The van der Waals surface area contributed by atoms with E-state index < -0.39 is 10.0 Å². The summed E-state index contributed by atoms with van der Waals surface area (Å²) in [5.74, 6) is 0. The molecule has 2 aromatic rings. The second kappa shape index (κ2) is 6.94. The lowest BCUT2D eigenvalue weighted by atomic mass is 10.3. The van der Waals surface area contributed by atoms with Crippen LogP contribution < -0.4 is 5.32 Å². The smallest absolute Gasteiger partial charge is 0.252 e. The highest BCUT2D eigenvalue weighted by Gasteiger charge is 2.31. The Balaban J connectivity index is 0.00000176. The van der Waals surface area contributed by atoms with Gasteiger partial charge in [-0.25, -0.2) is 13.4 Å². The van der Waals surface area contributed by atoms with Crippen molar-refractivity contribution in [3.8, 4) is 10.6 Å². The summed E-state index contributed by atoms with van der Waals surface area (Å²) in [5, 5.41) is 6.14. The summed E-state index contributed by atoms with van der Waals surface area (Å²) in [6.07, 6.45) is 0.860. The second-order valence-corrected chi connectivity index (χ2v) is 9.41. The monoisotopic (exact) mass is 379 g/mol. The topological polar surface area (TPSA) is 62.3 Å². The van der Waals surface area contributed by atoms with E-state index in [1.54, 1.807) is 24.5 Å². The maximum absolute atomic E-state index is 12.7. The van der Waals surface area contributed by atoms with Gasteiger partial charge < -0.3 is 5.32 Å². The van der Waals surface area contributed by atoms with Crippen molar-refractivity contribution in [3.63, 3.8) is 0 Å². The van der Waals surface area contributed by atoms with Gasteiger partial charge in [0.15, 0.2) is 0 Å². The van der Waals surface area contributed by atoms with E-state index >= 15 is 0 Å². The summed E-state index contributed by atoms with van der Waals surface area (Å²) in [6.45, 7) is 3.54. The minimum Gasteiger partial charge on any atom is -0.315 e. The van der Waals surface area contributed by atoms with Gasteiger partial charge in [-0.3, -0.25) is 0 Å². The lowest BCUT2D eigenvalue weighted by Gasteiger charge is -2.22. The predicted octanol–water partition coefficient (Wildman–Crippen LogP) is 2.58. The summed E-state index contributed by atoms with van der Waals surface area (Å²) in [6, 6.07) is 3.57. The van der Waals surface area contributed by atoms with Crippen LogP contribution in [0.3, 0.4) is 0 Å². The summed E-state index contributed by atoms with van der Waals surface area (Å²) in [4.78, 5) is 5.31. The van der Waals surface area contributed by atoms with Gasteiger partial charge in [-0.2, -0.15) is 4.31 Å². The number of nitrogens with zero attached hydrogens (tertiary/aromatic N) is 2. The number of hydrogen-bond acceptors (Lipinski definition) is 6. The molecule has 3 heterocycles. The van der Waals surface area contributed by atoms with Gasteiger partial charge in [0.1, 0.15) is 4.21 Å². The number of sulfonamides is 1. The Kier molecular flexibility index (Phi) is 5.63. The summed E-state index contributed by atoms with van der Waals surface area (Å²) >= 11 is 2.86. The number of thiophene rings is 1. The second-order valence-electron chi connectivity index (χ2n) is 5.04. The van der Waals surface area contributed by atoms with Gasteiger partial charge in [0, 0.05) is 25.0 Å². The van der Waals surface area contributed by atoms with Gasteiger partial charge >= 0.3 is 0 Å². The first-order valence-electron chi connectivity index (χ1n) is 6.69. The molecule has 0 saturated carbocycles. The molecule has 0 amide bonds. The van der Waals surface area contributed by atoms with Crippen LogP contribution in [-0.4, -0.2) is 43.9 Å². The molecule has 0 aliphatic carbocycles. The van der Waals surface area contributed by atoms with E-state index in [1.165, 1.54) is 15.6 Å². The fourth-order valence-electron chi connectivity index (χ4n) is 2.36. The van der Waals surface area contributed by atoms with Crippen LogP contribution in [0.1, 0.15) is 11.4 Å². The maximum Gasteiger partial charge on any atom is 0.252 e. The van der Waals surface area contributed by atoms with Crippen LogP contribution in [-0.2, 0) is 10.0 Å². The van der Waals surface area contributed by atoms with Crippen molar-refractivity contribution in [2.75, 3.05) is 20.1 Å². The molecule has 0 radical (unpaired) electrons. The molecule has 3 rings (SSSR count). The molecular formula is C13H18ClN3O2S3. The SMILES string of the molecule is Cc1nc(-c2ccc(S(=O)(=O)N(C)C3CCNC3)s2)cs1.Cl. The normalized spacial score (nSPS) is 18.6. The van der Waals surface area contributed by atoms with Gasteiger partial charge in [0.05, 0.1) is 15.6 Å². The number of rotatable bonds is 4. The van der Waals surface area contributed by atoms with Crippen LogP contribution in [0.4, 0.5) is 0 Å². The fraction of sp³-hybridized carbons (Fsp3) is 0.462. The molecule has 5 nitrogen and oxygen atoms in total. The molecule has 22 heavy (non-hydrogen) atoms. The van der Waals surface area contributed by atoms with E-state index in [4.69, 9.17) is 0 Å². The number of nitrogens with one attached hydrogen (secondary N) is 1. The highest BCUT2D eigenvalue weighted by Crippen LogP contribution is 2.33. The molecule has 0 aromatic carbocycles. The largest absolute Gasteiger partial charge is 0.315 e. The van der Waals surface area contributed by atoms with Crippen LogP contribution in [0.15, 0.2) is 21.7 Å². The van der Waals surface area contributed by atoms with E-state index in [1.807, 2.05) is 18.4 Å². The van der Waals surface area contributed by atoms with Crippen LogP contribution in [0.25, 0.3) is 10.6 Å². The minimum absolute atomic E-state index is 0. The zero-order chi connectivity index (χ0) is 15.0. The van der Waals surface area contributed by atoms with Crippen molar-refractivity contribution in [2.24, 2.45) is 0 Å². The fourth-order valence-corrected chi connectivity index (χ4v) is 5.89. The van der Waals surface area contributed by atoms with E-state index in [2.05, 4.69) is 10.3 Å². The Labute approximate surface area is 144 Å². The van der Waals surface area contributed by atoms with Gasteiger partial charge in [-0.15, -0.1) is 35.1 Å². The molecule has 1 aliphatic rings. The van der Waals surface area contributed by atoms with Gasteiger partial charge in [0.2, 0.25) is 0 Å². The maximum atomic E-state index is 12.7. The predicted molar refractivity (Wildman–Crippen MR) is 93.6 cm³/mol. The molecule has 1 fully saturated rings. The Morgan fingerprint density at radius 2 is 2.18 bits per heavy atom. The average molecular weight is 380 g/mol. The molecule has 1 unspecified atom stereocenters. The number of aryl methyl sites for hydroxylation is 1. The van der Waals surface area contributed by atoms with Gasteiger partial charge in [-0.1, -0.05) is 0 Å². The van der Waals surface area contributed by atoms with E-state index in [0.29, 0.717) is 4.21 Å². The molecule has 0 spiro atoms. The molecule has 9 heteroatoms. The lowest BCUT2D eigenvalue weighted by molar-refractivity contribution is 0.389. The van der Waals surface area contributed by atoms with Gasteiger partial charge in [0.25, 0.3) is 10.0 Å². The molecule has 0 bridgehead atoms. The first-order chi connectivity index (χ1) is 9.98. The van der Waals surface area contributed by atoms with Crippen molar-refractivity contribution in [1.29, 1.82) is 0 Å². The van der Waals surface area contributed by atoms with Crippen molar-refractivity contribution in [3.05, 3.63) is 22.5 Å². The molecule has 122 valence electrons. The van der Waals surface area contributed by atoms with Crippen molar-refractivity contribution >= 4 is 45.1 Å². The Morgan fingerprint density at radius 3 is 2.77 bits per heavy atom. The van der Waals surface area contributed by atoms with E-state index in [9.17, 15) is 8.42 Å². The summed E-state index contributed by atoms with van der Waals surface area (Å²) < 4.78 is 27.2. The Hall–Kier alpha value is -0.510. The van der Waals surface area contributed by atoms with Crippen LogP contribution in [0.5, 0.6) is 0 Å². The third-order valence-electron chi connectivity index (χ3n) is 3.63. The number of halogens is 1. The van der Waals surface area contributed by atoms with Crippen LogP contribution >= 0.6 is 35.1 Å². The first-order valence-corrected chi connectivity index (χ1v) is 9.83. The third kappa shape index (κ3) is 3.37. The highest BCUT2D eigenvalue weighted by molar-refractivity contribution is 7.91. The molecule has 1 aliphatic heterocycles. The Bertz CT molecular complexity index is 735.